The summed E-state index contributed by atoms with van der Waals surface area (Å²) in [5.41, 5.74) is 3.28. The molecule has 0 saturated heterocycles. The zero-order valence-corrected chi connectivity index (χ0v) is 11.0. The molecule has 19 heavy (non-hydrogen) atoms. The van der Waals surface area contributed by atoms with Crippen LogP contribution in [0.5, 0.6) is 0 Å². The smallest absolute Gasteiger partial charge is 0.113 e. The van der Waals surface area contributed by atoms with Crippen LogP contribution in [0.15, 0.2) is 30.6 Å². The van der Waals surface area contributed by atoms with E-state index in [9.17, 15) is 0 Å². The highest BCUT2D eigenvalue weighted by molar-refractivity contribution is 5.74. The van der Waals surface area contributed by atoms with Gasteiger partial charge >= 0.3 is 0 Å². The molecule has 3 rings (SSSR count). The van der Waals surface area contributed by atoms with Crippen molar-refractivity contribution in [2.45, 2.75) is 32.6 Å². The zero-order chi connectivity index (χ0) is 13.3. The number of nitrogens with one attached hydrogen (secondary N) is 2. The molecule has 0 radical (unpaired) electrons. The quantitative estimate of drug-likeness (QED) is 0.704. The molecule has 2 aromatic heterocycles. The summed E-state index contributed by atoms with van der Waals surface area (Å²) >= 11 is 0. The van der Waals surface area contributed by atoms with Gasteiger partial charge in [-0.25, -0.2) is 0 Å². The first kappa shape index (κ1) is 13.2. The Hall–Kier alpha value is -2.24. The molecule has 0 saturated carbocycles. The lowest BCUT2D eigenvalue weighted by Gasteiger charge is -1.99. The highest BCUT2D eigenvalue weighted by Crippen LogP contribution is 2.13. The zero-order valence-electron chi connectivity index (χ0n) is 11.0. The van der Waals surface area contributed by atoms with E-state index in [1.54, 1.807) is 12.4 Å². The number of unbranched alkanes of at least 4 members (excludes halogenated alkanes) is 2. The molecule has 6 nitrogen and oxygen atoms in total. The number of hydrogen-bond donors (Lipinski definition) is 2. The Bertz CT molecular complexity index is 554. The van der Waals surface area contributed by atoms with Gasteiger partial charge in [0.15, 0.2) is 0 Å². The largest absolute Gasteiger partial charge is 0.198 e. The summed E-state index contributed by atoms with van der Waals surface area (Å²) in [4.78, 5) is 0. The van der Waals surface area contributed by atoms with Crippen molar-refractivity contribution in [3.63, 3.8) is 0 Å². The van der Waals surface area contributed by atoms with Crippen molar-refractivity contribution in [2.75, 3.05) is 0 Å². The number of fused-ring (bicyclic) bond motifs is 1. The normalized spacial score (nSPS) is 10.2. The van der Waals surface area contributed by atoms with Gasteiger partial charge in [-0.3, -0.25) is 0 Å². The lowest BCUT2D eigenvalue weighted by molar-refractivity contribution is 0.718. The van der Waals surface area contributed by atoms with Crippen LogP contribution in [0.1, 0.15) is 31.7 Å². The fraction of sp³-hybridized carbons (Fsp3) is 0.385. The van der Waals surface area contributed by atoms with E-state index in [4.69, 9.17) is 0 Å². The monoisotopic (exact) mass is 258 g/mol. The number of H-pyrrole nitrogens is 2. The third kappa shape index (κ3) is 4.17. The molecule has 0 aliphatic heterocycles. The van der Waals surface area contributed by atoms with E-state index in [0.717, 1.165) is 17.5 Å². The van der Waals surface area contributed by atoms with Crippen LogP contribution >= 0.6 is 0 Å². The summed E-state index contributed by atoms with van der Waals surface area (Å²) in [6, 6.07) is 6.29. The average Bonchev–Trinajstić information content (AvgIpc) is 3.13. The molecular weight excluding hydrogens is 240 g/mol. The number of aromatic amines is 2. The van der Waals surface area contributed by atoms with Crippen LogP contribution in [0, 0.1) is 0 Å². The molecule has 3 aromatic rings. The minimum Gasteiger partial charge on any atom is -0.198 e. The summed E-state index contributed by atoms with van der Waals surface area (Å²) in [5, 5.41) is 20.1. The number of aryl methyl sites for hydroxylation is 1. The molecule has 0 spiro atoms. The van der Waals surface area contributed by atoms with Gasteiger partial charge < -0.3 is 0 Å². The third-order valence-corrected chi connectivity index (χ3v) is 2.78. The van der Waals surface area contributed by atoms with Gasteiger partial charge in [-0.1, -0.05) is 25.8 Å². The van der Waals surface area contributed by atoms with Crippen LogP contribution < -0.4 is 0 Å². The molecule has 0 fully saturated rings. The maximum Gasteiger partial charge on any atom is 0.113 e. The summed E-state index contributed by atoms with van der Waals surface area (Å²) in [6.07, 6.45) is 8.15. The van der Waals surface area contributed by atoms with Crippen molar-refractivity contribution in [2.24, 2.45) is 0 Å². The second-order valence-corrected chi connectivity index (χ2v) is 4.26. The number of rotatable bonds is 4. The van der Waals surface area contributed by atoms with Gasteiger partial charge in [-0.15, -0.1) is 0 Å². The highest BCUT2D eigenvalue weighted by Gasteiger charge is 1.99. The van der Waals surface area contributed by atoms with Crippen molar-refractivity contribution in [3.05, 3.63) is 36.2 Å². The Morgan fingerprint density at radius 1 is 0.947 bits per heavy atom. The molecule has 0 amide bonds. The van der Waals surface area contributed by atoms with E-state index < -0.39 is 0 Å². The maximum atomic E-state index is 4.07. The maximum absolute atomic E-state index is 4.07. The van der Waals surface area contributed by atoms with Gasteiger partial charge in [0.1, 0.15) is 11.0 Å². The molecule has 0 aliphatic carbocycles. The van der Waals surface area contributed by atoms with Crippen molar-refractivity contribution >= 4 is 11.0 Å². The molecule has 0 bridgehead atoms. The predicted octanol–water partition coefficient (Wildman–Crippen LogP) is 2.50. The molecule has 0 atom stereocenters. The van der Waals surface area contributed by atoms with Crippen LogP contribution in [-0.4, -0.2) is 30.8 Å². The van der Waals surface area contributed by atoms with E-state index in [0.29, 0.717) is 0 Å². The predicted molar refractivity (Wildman–Crippen MR) is 73.5 cm³/mol. The summed E-state index contributed by atoms with van der Waals surface area (Å²) in [5.74, 6) is 0. The molecular formula is C13H18N6. The number of nitrogens with zero attached hydrogens (tertiary/aromatic N) is 4. The van der Waals surface area contributed by atoms with Crippen LogP contribution in [0.25, 0.3) is 11.0 Å². The molecule has 0 aliphatic rings. The second kappa shape index (κ2) is 7.25. The van der Waals surface area contributed by atoms with Gasteiger partial charge in [0, 0.05) is 0 Å². The number of benzene rings is 1. The molecule has 2 N–H and O–H groups in total. The number of aromatic nitrogens is 6. The molecule has 0 unspecified atom stereocenters. The molecule has 6 heteroatoms. The van der Waals surface area contributed by atoms with Gasteiger partial charge in [0.2, 0.25) is 0 Å². The SMILES string of the molecule is CCCCCc1ccc2n[nH]nc2c1.c1cn[nH]n1. The summed E-state index contributed by atoms with van der Waals surface area (Å²) in [6.45, 7) is 2.22. The van der Waals surface area contributed by atoms with Gasteiger partial charge in [-0.05, 0) is 30.5 Å². The Morgan fingerprint density at radius 2 is 1.74 bits per heavy atom. The van der Waals surface area contributed by atoms with Gasteiger partial charge in [-0.2, -0.15) is 30.8 Å². The van der Waals surface area contributed by atoms with E-state index in [-0.39, 0.29) is 0 Å². The Balaban J connectivity index is 0.000000224. The molecule has 2 heterocycles. The van der Waals surface area contributed by atoms with E-state index in [1.165, 1.54) is 24.8 Å². The van der Waals surface area contributed by atoms with Crippen molar-refractivity contribution < 1.29 is 0 Å². The van der Waals surface area contributed by atoms with Crippen LogP contribution in [-0.2, 0) is 6.42 Å². The lowest BCUT2D eigenvalue weighted by atomic mass is 10.1. The minimum absolute atomic E-state index is 0.948. The van der Waals surface area contributed by atoms with Crippen LogP contribution in [0.2, 0.25) is 0 Å². The number of hydrogen-bond acceptors (Lipinski definition) is 4. The second-order valence-electron chi connectivity index (χ2n) is 4.26. The highest BCUT2D eigenvalue weighted by atomic mass is 15.3. The Morgan fingerprint density at radius 3 is 2.42 bits per heavy atom. The van der Waals surface area contributed by atoms with Gasteiger partial charge in [0.05, 0.1) is 12.4 Å². The third-order valence-electron chi connectivity index (χ3n) is 2.78. The van der Waals surface area contributed by atoms with Crippen molar-refractivity contribution in [1.82, 2.24) is 30.8 Å². The molecule has 100 valence electrons. The fourth-order valence-corrected chi connectivity index (χ4v) is 1.79. The molecule has 1 aromatic carbocycles. The van der Waals surface area contributed by atoms with Crippen molar-refractivity contribution in [1.29, 1.82) is 0 Å². The van der Waals surface area contributed by atoms with E-state index >= 15 is 0 Å². The standard InChI is InChI=1S/C11H15N3.C2H3N3/c1-2-3-4-5-9-6-7-10-11(8-9)13-14-12-10;1-2-4-5-3-1/h6-8H,2-5H2,1H3,(H,12,13,14);1-2H,(H,3,4,5). The summed E-state index contributed by atoms with van der Waals surface area (Å²) < 4.78 is 0. The van der Waals surface area contributed by atoms with Crippen LogP contribution in [0.3, 0.4) is 0 Å². The van der Waals surface area contributed by atoms with E-state index in [1.807, 2.05) is 6.07 Å². The average molecular weight is 258 g/mol. The first-order chi connectivity index (χ1) is 9.40. The Kier molecular flexibility index (Phi) is 5.04. The minimum atomic E-state index is 0.948. The first-order valence-electron chi connectivity index (χ1n) is 6.49. The van der Waals surface area contributed by atoms with Crippen molar-refractivity contribution in [3.8, 4) is 0 Å². The summed E-state index contributed by atoms with van der Waals surface area (Å²) in [7, 11) is 0. The fourth-order valence-electron chi connectivity index (χ4n) is 1.79. The van der Waals surface area contributed by atoms with Crippen LogP contribution in [0.4, 0.5) is 0 Å². The van der Waals surface area contributed by atoms with E-state index in [2.05, 4.69) is 49.9 Å². The first-order valence-corrected chi connectivity index (χ1v) is 6.49. The Labute approximate surface area is 111 Å². The van der Waals surface area contributed by atoms with Gasteiger partial charge in [0.25, 0.3) is 0 Å². The lowest BCUT2D eigenvalue weighted by Crippen LogP contribution is -1.85. The topological polar surface area (TPSA) is 83.1 Å².